The third-order valence-corrected chi connectivity index (χ3v) is 8.07. The number of sulfonamides is 1. The van der Waals surface area contributed by atoms with E-state index in [1.807, 2.05) is 31.2 Å². The molecule has 2 fully saturated rings. The molecule has 2 heterocycles. The summed E-state index contributed by atoms with van der Waals surface area (Å²) in [5, 5.41) is 4.74. The number of hydrogen-bond acceptors (Lipinski definition) is 5. The highest BCUT2D eigenvalue weighted by Gasteiger charge is 2.58. The van der Waals surface area contributed by atoms with Gasteiger partial charge in [0.05, 0.1) is 5.75 Å². The van der Waals surface area contributed by atoms with Crippen molar-refractivity contribution in [3.8, 4) is 11.4 Å². The number of benzene rings is 1. The molecule has 0 bridgehead atoms. The average Bonchev–Trinajstić information content (AvgIpc) is 3.13. The molecule has 0 radical (unpaired) electrons. The number of hydrogen-bond donors (Lipinski definition) is 0. The van der Waals surface area contributed by atoms with Crippen molar-refractivity contribution in [3.05, 3.63) is 35.2 Å². The first-order valence-corrected chi connectivity index (χ1v) is 11.5. The van der Waals surface area contributed by atoms with Crippen molar-refractivity contribution in [1.82, 2.24) is 14.4 Å². The summed E-state index contributed by atoms with van der Waals surface area (Å²) < 4.78 is 32.0. The van der Waals surface area contributed by atoms with Crippen molar-refractivity contribution >= 4 is 21.6 Å². The minimum Gasteiger partial charge on any atom is -0.339 e. The molecule has 1 aromatic heterocycles. The maximum absolute atomic E-state index is 12.4. The molecule has 1 saturated carbocycles. The van der Waals surface area contributed by atoms with E-state index in [1.54, 1.807) is 4.31 Å². The Bertz CT molecular complexity index is 920. The third kappa shape index (κ3) is 3.77. The number of nitrogens with zero attached hydrogens (tertiary/aromatic N) is 3. The molecule has 8 heteroatoms. The molecule has 27 heavy (non-hydrogen) atoms. The molecule has 1 aliphatic carbocycles. The zero-order chi connectivity index (χ0) is 19.1. The summed E-state index contributed by atoms with van der Waals surface area (Å²) in [6, 6.07) is 7.40. The van der Waals surface area contributed by atoms with E-state index >= 15 is 0 Å². The van der Waals surface area contributed by atoms with E-state index in [4.69, 9.17) is 16.1 Å². The van der Waals surface area contributed by atoms with Gasteiger partial charge in [-0.25, -0.2) is 12.7 Å². The maximum Gasteiger partial charge on any atom is 0.230 e. The van der Waals surface area contributed by atoms with Gasteiger partial charge < -0.3 is 4.52 Å². The molecular weight excluding hydrogens is 386 g/mol. The van der Waals surface area contributed by atoms with Crippen LogP contribution < -0.4 is 0 Å². The molecule has 2 aromatic rings. The minimum absolute atomic E-state index is 0.120. The lowest BCUT2D eigenvalue weighted by Crippen LogP contribution is -2.40. The van der Waals surface area contributed by atoms with Gasteiger partial charge in [0.15, 0.2) is 0 Å². The highest BCUT2D eigenvalue weighted by Crippen LogP contribution is 2.64. The van der Waals surface area contributed by atoms with E-state index in [2.05, 4.69) is 10.1 Å². The van der Waals surface area contributed by atoms with Crippen molar-refractivity contribution in [2.75, 3.05) is 18.8 Å². The molecule has 1 atom stereocenters. The van der Waals surface area contributed by atoms with Crippen molar-refractivity contribution in [1.29, 1.82) is 0 Å². The van der Waals surface area contributed by atoms with Crippen molar-refractivity contribution < 1.29 is 12.9 Å². The van der Waals surface area contributed by atoms with E-state index in [0.717, 1.165) is 37.7 Å². The number of halogens is 1. The molecule has 146 valence electrons. The Labute approximate surface area is 165 Å². The van der Waals surface area contributed by atoms with Crippen LogP contribution in [-0.4, -0.2) is 41.7 Å². The first-order chi connectivity index (χ1) is 12.9. The van der Waals surface area contributed by atoms with E-state index in [0.29, 0.717) is 29.8 Å². The van der Waals surface area contributed by atoms with Crippen LogP contribution in [0.25, 0.3) is 11.4 Å². The predicted molar refractivity (Wildman–Crippen MR) is 104 cm³/mol. The Hall–Kier alpha value is -1.44. The van der Waals surface area contributed by atoms with Crippen LogP contribution in [0.3, 0.4) is 0 Å². The second-order valence-electron chi connectivity index (χ2n) is 7.65. The topological polar surface area (TPSA) is 76.3 Å². The van der Waals surface area contributed by atoms with Crippen LogP contribution in [0.2, 0.25) is 5.02 Å². The summed E-state index contributed by atoms with van der Waals surface area (Å²) in [6.07, 6.45) is 4.33. The van der Waals surface area contributed by atoms with Crippen molar-refractivity contribution in [2.24, 2.45) is 5.41 Å². The number of unbranched alkanes of at least 4 members (excludes halogenated alkanes) is 1. The first kappa shape index (κ1) is 18.9. The largest absolute Gasteiger partial charge is 0.339 e. The quantitative estimate of drug-likeness (QED) is 0.718. The molecule has 1 aliphatic heterocycles. The van der Waals surface area contributed by atoms with Gasteiger partial charge in [0.2, 0.25) is 21.7 Å². The Morgan fingerprint density at radius 3 is 2.81 bits per heavy atom. The summed E-state index contributed by atoms with van der Waals surface area (Å²) in [5.41, 5.74) is 0.957. The predicted octanol–water partition coefficient (Wildman–Crippen LogP) is 4.09. The molecule has 0 amide bonds. The van der Waals surface area contributed by atoms with Gasteiger partial charge in [-0.2, -0.15) is 4.98 Å². The molecule has 0 N–H and O–H groups in total. The number of piperidine rings is 1. The van der Waals surface area contributed by atoms with Gasteiger partial charge in [0.25, 0.3) is 0 Å². The Kier molecular flexibility index (Phi) is 5.03. The zero-order valence-corrected chi connectivity index (χ0v) is 17.0. The van der Waals surface area contributed by atoms with Gasteiger partial charge >= 0.3 is 0 Å². The summed E-state index contributed by atoms with van der Waals surface area (Å²) in [6.45, 7) is 3.20. The SMILES string of the molecule is CCCCS(=O)(=O)N1CCC2(CC1)CC2c1nc(-c2cccc(Cl)c2)no1. The van der Waals surface area contributed by atoms with Crippen LogP contribution in [-0.2, 0) is 10.0 Å². The highest BCUT2D eigenvalue weighted by molar-refractivity contribution is 7.89. The fraction of sp³-hybridized carbons (Fsp3) is 0.579. The fourth-order valence-electron chi connectivity index (χ4n) is 4.04. The van der Waals surface area contributed by atoms with Crippen LogP contribution in [0, 0.1) is 5.41 Å². The summed E-state index contributed by atoms with van der Waals surface area (Å²) in [4.78, 5) is 4.57. The summed E-state index contributed by atoms with van der Waals surface area (Å²) >= 11 is 6.04. The van der Waals surface area contributed by atoms with E-state index in [-0.39, 0.29) is 17.1 Å². The second-order valence-corrected chi connectivity index (χ2v) is 10.2. The zero-order valence-electron chi connectivity index (χ0n) is 15.4. The average molecular weight is 410 g/mol. The lowest BCUT2D eigenvalue weighted by molar-refractivity contribution is 0.242. The van der Waals surface area contributed by atoms with Gasteiger partial charge in [-0.3, -0.25) is 0 Å². The van der Waals surface area contributed by atoms with Crippen molar-refractivity contribution in [2.45, 2.75) is 44.9 Å². The molecule has 1 aromatic carbocycles. The lowest BCUT2D eigenvalue weighted by atomic mass is 9.92. The smallest absolute Gasteiger partial charge is 0.230 e. The van der Waals surface area contributed by atoms with Crippen LogP contribution in [0.1, 0.15) is 50.8 Å². The minimum atomic E-state index is -3.12. The number of aromatic nitrogens is 2. The lowest BCUT2D eigenvalue weighted by Gasteiger charge is -2.31. The second kappa shape index (κ2) is 7.18. The third-order valence-electron chi connectivity index (χ3n) is 5.88. The molecule has 1 spiro atoms. The summed E-state index contributed by atoms with van der Waals surface area (Å²) in [7, 11) is -3.12. The van der Waals surface area contributed by atoms with Crippen LogP contribution >= 0.6 is 11.6 Å². The van der Waals surface area contributed by atoms with Gasteiger partial charge in [-0.1, -0.05) is 42.2 Å². The maximum atomic E-state index is 12.4. The highest BCUT2D eigenvalue weighted by atomic mass is 35.5. The van der Waals surface area contributed by atoms with E-state index in [9.17, 15) is 8.42 Å². The fourth-order valence-corrected chi connectivity index (χ4v) is 5.88. The normalized spacial score (nSPS) is 22.2. The standard InChI is InChI=1S/C19H24ClN3O3S/c1-2-3-11-27(24,25)23-9-7-19(8-10-23)13-16(19)18-21-17(22-26-18)14-5-4-6-15(20)12-14/h4-6,12,16H,2-3,7-11,13H2,1H3. The molecule has 6 nitrogen and oxygen atoms in total. The van der Waals surface area contributed by atoms with Gasteiger partial charge in [-0.05, 0) is 43.2 Å². The summed E-state index contributed by atoms with van der Waals surface area (Å²) in [5.74, 6) is 1.70. The van der Waals surface area contributed by atoms with Gasteiger partial charge in [-0.15, -0.1) is 0 Å². The van der Waals surface area contributed by atoms with Gasteiger partial charge in [0.1, 0.15) is 0 Å². The number of rotatable bonds is 6. The molecule has 2 aliphatic rings. The van der Waals surface area contributed by atoms with Crippen LogP contribution in [0.15, 0.2) is 28.8 Å². The molecule has 4 rings (SSSR count). The van der Waals surface area contributed by atoms with Crippen LogP contribution in [0.5, 0.6) is 0 Å². The Morgan fingerprint density at radius 2 is 2.11 bits per heavy atom. The Balaban J connectivity index is 1.41. The Morgan fingerprint density at radius 1 is 1.33 bits per heavy atom. The van der Waals surface area contributed by atoms with E-state index in [1.165, 1.54) is 0 Å². The monoisotopic (exact) mass is 409 g/mol. The van der Waals surface area contributed by atoms with Gasteiger partial charge in [0, 0.05) is 29.6 Å². The molecular formula is C19H24ClN3O3S. The van der Waals surface area contributed by atoms with Crippen molar-refractivity contribution in [3.63, 3.8) is 0 Å². The molecule has 1 unspecified atom stereocenters. The van der Waals surface area contributed by atoms with E-state index < -0.39 is 10.0 Å². The first-order valence-electron chi connectivity index (χ1n) is 9.51. The molecule has 1 saturated heterocycles. The van der Waals surface area contributed by atoms with Crippen LogP contribution in [0.4, 0.5) is 0 Å².